The Balaban J connectivity index is 0.000000142. The Kier molecular flexibility index (Phi) is 11.5. The van der Waals surface area contributed by atoms with E-state index in [1.54, 1.807) is 0 Å². The van der Waals surface area contributed by atoms with Crippen molar-refractivity contribution >= 4 is 31.5 Å². The van der Waals surface area contributed by atoms with Gasteiger partial charge in [-0.1, -0.05) is 60.0 Å². The van der Waals surface area contributed by atoms with Crippen LogP contribution in [-0.4, -0.2) is 15.0 Å². The van der Waals surface area contributed by atoms with Gasteiger partial charge in [-0.05, 0) is 71.7 Å². The van der Waals surface area contributed by atoms with Gasteiger partial charge >= 0.3 is 20.1 Å². The maximum absolute atomic E-state index is 4.49. The van der Waals surface area contributed by atoms with Gasteiger partial charge in [0.05, 0.1) is 0 Å². The second-order valence-electron chi connectivity index (χ2n) is 10.8. The molecule has 0 amide bonds. The molecule has 0 N–H and O–H groups in total. The number of rotatable bonds is 3. The fourth-order valence-corrected chi connectivity index (χ4v) is 6.00. The zero-order valence-electron chi connectivity index (χ0n) is 26.4. The van der Waals surface area contributed by atoms with Crippen molar-refractivity contribution in [2.45, 2.75) is 20.8 Å². The third-order valence-electron chi connectivity index (χ3n) is 7.24. The number of thiophene rings is 1. The molecule has 8 aromatic rings. The van der Waals surface area contributed by atoms with Gasteiger partial charge in [0, 0.05) is 22.3 Å². The van der Waals surface area contributed by atoms with Gasteiger partial charge in [-0.2, -0.15) is 11.3 Å². The van der Waals surface area contributed by atoms with Crippen molar-refractivity contribution in [3.8, 4) is 33.8 Å². The van der Waals surface area contributed by atoms with Gasteiger partial charge in [-0.15, -0.1) is 95.6 Å². The fraction of sp³-hybridized carbons (Fsp3) is 0.0714. The topological polar surface area (TPSA) is 38.7 Å². The Labute approximate surface area is 294 Å². The number of hydrogen-bond donors (Lipinski definition) is 0. The molecule has 0 aliphatic rings. The summed E-state index contributed by atoms with van der Waals surface area (Å²) in [5.41, 5.74) is 9.35. The average molecular weight is 803 g/mol. The van der Waals surface area contributed by atoms with E-state index in [1.807, 2.05) is 116 Å². The van der Waals surface area contributed by atoms with Crippen LogP contribution >= 0.6 is 11.3 Å². The second-order valence-corrected chi connectivity index (χ2v) is 11.9. The first-order valence-electron chi connectivity index (χ1n) is 15.1. The van der Waals surface area contributed by atoms with E-state index in [0.29, 0.717) is 0 Å². The molecule has 4 aromatic heterocycles. The van der Waals surface area contributed by atoms with Gasteiger partial charge in [0.25, 0.3) is 0 Å². The minimum Gasteiger partial charge on any atom is -0.304 e. The van der Waals surface area contributed by atoms with E-state index in [0.717, 1.165) is 45.2 Å². The van der Waals surface area contributed by atoms with E-state index in [9.17, 15) is 0 Å². The molecule has 0 aliphatic heterocycles. The van der Waals surface area contributed by atoms with Crippen LogP contribution in [0.1, 0.15) is 17.0 Å². The van der Waals surface area contributed by atoms with Crippen LogP contribution in [0, 0.1) is 39.0 Å². The van der Waals surface area contributed by atoms with Crippen LogP contribution in [0.25, 0.3) is 53.9 Å². The van der Waals surface area contributed by atoms with Gasteiger partial charge < -0.3 is 15.0 Å². The standard InChI is InChI=1S/C18H12NS.2C12H10N.Ir/c1-12-6-8-16(19-11-12)13-7-9-18-15(10-13)14-4-2-3-5-17(14)20-18;2*1-10-6-5-9-12(13-10)11-7-3-2-4-8-11;/h2-6,8-11H,1H3;2*2-7,9H,1H3;/q3*-1;+3. The van der Waals surface area contributed by atoms with Crippen molar-refractivity contribution in [2.24, 2.45) is 0 Å². The zero-order chi connectivity index (χ0) is 31.7. The van der Waals surface area contributed by atoms with Crippen molar-refractivity contribution in [3.05, 3.63) is 175 Å². The molecule has 0 radical (unpaired) electrons. The van der Waals surface area contributed by atoms with Crippen LogP contribution < -0.4 is 0 Å². The monoisotopic (exact) mass is 803 g/mol. The van der Waals surface area contributed by atoms with Gasteiger partial charge in [-0.25, -0.2) is 0 Å². The molecule has 0 atom stereocenters. The Morgan fingerprint density at radius 1 is 0.511 bits per heavy atom. The van der Waals surface area contributed by atoms with Crippen molar-refractivity contribution in [1.29, 1.82) is 0 Å². The molecule has 3 nitrogen and oxygen atoms in total. The number of pyridine rings is 3. The first kappa shape index (κ1) is 33.6. The van der Waals surface area contributed by atoms with Crippen molar-refractivity contribution in [3.63, 3.8) is 0 Å². The first-order valence-corrected chi connectivity index (χ1v) is 15.9. The third kappa shape index (κ3) is 8.72. The molecule has 0 unspecified atom stereocenters. The molecule has 0 saturated carbocycles. The Morgan fingerprint density at radius 3 is 1.68 bits per heavy atom. The fourth-order valence-electron chi connectivity index (χ4n) is 4.94. The van der Waals surface area contributed by atoms with Crippen LogP contribution in [0.2, 0.25) is 0 Å². The minimum atomic E-state index is 0. The van der Waals surface area contributed by atoms with Crippen LogP contribution in [-0.2, 0) is 20.1 Å². The Bertz CT molecular complexity index is 2100. The van der Waals surface area contributed by atoms with E-state index >= 15 is 0 Å². The predicted molar refractivity (Wildman–Crippen MR) is 193 cm³/mol. The molecule has 0 bridgehead atoms. The second kappa shape index (κ2) is 16.2. The summed E-state index contributed by atoms with van der Waals surface area (Å²) in [5.74, 6) is 0. The van der Waals surface area contributed by atoms with Crippen molar-refractivity contribution in [1.82, 2.24) is 15.0 Å². The molecule has 4 aromatic carbocycles. The van der Waals surface area contributed by atoms with Crippen molar-refractivity contribution in [2.75, 3.05) is 0 Å². The van der Waals surface area contributed by atoms with E-state index < -0.39 is 0 Å². The summed E-state index contributed by atoms with van der Waals surface area (Å²) in [5, 5.41) is 2.61. The predicted octanol–water partition coefficient (Wildman–Crippen LogP) is 10.9. The minimum absolute atomic E-state index is 0. The average Bonchev–Trinajstić information content (AvgIpc) is 3.48. The van der Waals surface area contributed by atoms with Gasteiger partial charge in [-0.3, -0.25) is 0 Å². The molecule has 230 valence electrons. The Hall–Kier alpha value is -4.80. The zero-order valence-corrected chi connectivity index (χ0v) is 29.6. The van der Waals surface area contributed by atoms with Crippen LogP contribution in [0.3, 0.4) is 0 Å². The van der Waals surface area contributed by atoms with E-state index in [1.165, 1.54) is 25.7 Å². The smallest absolute Gasteiger partial charge is 0.304 e. The van der Waals surface area contributed by atoms with Gasteiger partial charge in [0.15, 0.2) is 0 Å². The normalized spacial score (nSPS) is 10.3. The van der Waals surface area contributed by atoms with Crippen LogP contribution in [0.4, 0.5) is 0 Å². The molecule has 0 spiro atoms. The number of aryl methyl sites for hydroxylation is 3. The van der Waals surface area contributed by atoms with Gasteiger partial charge in [0.2, 0.25) is 0 Å². The third-order valence-corrected chi connectivity index (χ3v) is 8.38. The van der Waals surface area contributed by atoms with E-state index in [-0.39, 0.29) is 20.1 Å². The van der Waals surface area contributed by atoms with E-state index in [2.05, 4.69) is 88.6 Å². The summed E-state index contributed by atoms with van der Waals surface area (Å²) in [6.45, 7) is 6.04. The summed E-state index contributed by atoms with van der Waals surface area (Å²) >= 11 is 1.82. The SMILES string of the molecule is Cc1ccc(-c2[c-]cc3sc4ccccc4c3c2)nc1.Cc1cccc(-c2[c-]cccc2)n1.Cc1cccc(-c2[c-]cccc2)n1.[Ir+3]. The molecule has 4 heterocycles. The molecule has 0 saturated heterocycles. The number of aromatic nitrogens is 3. The Morgan fingerprint density at radius 2 is 1.13 bits per heavy atom. The molecule has 47 heavy (non-hydrogen) atoms. The summed E-state index contributed by atoms with van der Waals surface area (Å²) in [7, 11) is 0. The summed E-state index contributed by atoms with van der Waals surface area (Å²) < 4.78 is 2.60. The van der Waals surface area contributed by atoms with Gasteiger partial charge in [0.1, 0.15) is 0 Å². The summed E-state index contributed by atoms with van der Waals surface area (Å²) in [6, 6.07) is 54.4. The first-order chi connectivity index (χ1) is 22.5. The summed E-state index contributed by atoms with van der Waals surface area (Å²) in [6.07, 6.45) is 1.90. The number of hydrogen-bond acceptors (Lipinski definition) is 4. The number of fused-ring (bicyclic) bond motifs is 3. The molecule has 0 fully saturated rings. The van der Waals surface area contributed by atoms with Crippen LogP contribution in [0.15, 0.2) is 140 Å². The van der Waals surface area contributed by atoms with E-state index in [4.69, 9.17) is 0 Å². The number of benzene rings is 4. The molecular formula is C42H32IrN3S. The maximum Gasteiger partial charge on any atom is 3.00 e. The number of nitrogens with zero attached hydrogens (tertiary/aromatic N) is 3. The largest absolute Gasteiger partial charge is 3.00 e. The molecule has 8 rings (SSSR count). The van der Waals surface area contributed by atoms with Crippen LogP contribution in [0.5, 0.6) is 0 Å². The molecular weight excluding hydrogens is 771 g/mol. The maximum atomic E-state index is 4.49. The van der Waals surface area contributed by atoms with Crippen molar-refractivity contribution < 1.29 is 20.1 Å². The quantitative estimate of drug-likeness (QED) is 0.167. The molecule has 5 heteroatoms. The summed E-state index contributed by atoms with van der Waals surface area (Å²) in [4.78, 5) is 13.3. The molecule has 0 aliphatic carbocycles.